The summed E-state index contributed by atoms with van der Waals surface area (Å²) < 4.78 is 0. The van der Waals surface area contributed by atoms with E-state index < -0.39 is 30.4 Å². The van der Waals surface area contributed by atoms with Crippen LogP contribution in [0.5, 0.6) is 0 Å². The van der Waals surface area contributed by atoms with E-state index in [0.717, 1.165) is 4.90 Å². The van der Waals surface area contributed by atoms with E-state index in [0.29, 0.717) is 11.3 Å². The Morgan fingerprint density at radius 1 is 1.57 bits per heavy atom. The second-order valence-electron chi connectivity index (χ2n) is 4.48. The molecule has 2 heterocycles. The summed E-state index contributed by atoms with van der Waals surface area (Å²) in [5.41, 5.74) is 11.0. The van der Waals surface area contributed by atoms with E-state index in [4.69, 9.17) is 16.3 Å². The van der Waals surface area contributed by atoms with Crippen molar-refractivity contribution in [2.24, 2.45) is 16.6 Å². The van der Waals surface area contributed by atoms with E-state index in [9.17, 15) is 19.5 Å². The molecule has 0 bridgehead atoms. The van der Waals surface area contributed by atoms with Crippen molar-refractivity contribution >= 4 is 35.3 Å². The number of carboxylic acid groups (broad SMARTS) is 1. The molecule has 0 aromatic heterocycles. The van der Waals surface area contributed by atoms with Gasteiger partial charge in [-0.1, -0.05) is 5.16 Å². The molecule has 1 fully saturated rings. The fraction of sp³-hybridized carbons (Fsp3) is 0.455. The molecule has 0 spiro atoms. The first-order chi connectivity index (χ1) is 9.84. The van der Waals surface area contributed by atoms with Crippen LogP contribution >= 0.6 is 11.8 Å². The third kappa shape index (κ3) is 2.72. The minimum absolute atomic E-state index is 0.144. The number of amides is 2. The Hall–Kier alpha value is -2.07. The van der Waals surface area contributed by atoms with E-state index in [2.05, 4.69) is 5.16 Å². The van der Waals surface area contributed by atoms with Crippen LogP contribution in [0.15, 0.2) is 16.4 Å². The minimum atomic E-state index is -1.24. The van der Waals surface area contributed by atoms with Crippen LogP contribution in [0.1, 0.15) is 6.92 Å². The average molecular weight is 314 g/mol. The van der Waals surface area contributed by atoms with Crippen molar-refractivity contribution in [1.82, 2.24) is 4.90 Å². The standard InChI is InChI=1S/C11H14N4O5S/c1-4(14-20-2-6(12)16)5-3-21-10-7(13)9(17)15(10)8(5)11(18)19/h7,10H,2-3,13H2,1H3,(H2,12,16)(H,18,19)/t7-,10+/m1/s1. The summed E-state index contributed by atoms with van der Waals surface area (Å²) in [5.74, 6) is -2.03. The molecule has 0 aromatic carbocycles. The van der Waals surface area contributed by atoms with Gasteiger partial charge in [-0.05, 0) is 6.92 Å². The van der Waals surface area contributed by atoms with Gasteiger partial charge in [-0.2, -0.15) is 0 Å². The molecule has 2 atom stereocenters. The van der Waals surface area contributed by atoms with Gasteiger partial charge in [-0.15, -0.1) is 11.8 Å². The summed E-state index contributed by atoms with van der Waals surface area (Å²) in [5, 5.41) is 12.6. The first-order valence-corrected chi connectivity index (χ1v) is 7.01. The number of oxime groups is 1. The van der Waals surface area contributed by atoms with Crippen molar-refractivity contribution in [3.05, 3.63) is 11.3 Å². The highest BCUT2D eigenvalue weighted by Crippen LogP contribution is 2.39. The number of primary amides is 1. The predicted octanol–water partition coefficient (Wildman–Crippen LogP) is -1.55. The van der Waals surface area contributed by atoms with Crippen LogP contribution in [0, 0.1) is 0 Å². The van der Waals surface area contributed by atoms with E-state index in [1.807, 2.05) is 0 Å². The molecule has 9 nitrogen and oxygen atoms in total. The van der Waals surface area contributed by atoms with Gasteiger partial charge in [0.25, 0.3) is 5.91 Å². The third-order valence-corrected chi connectivity index (χ3v) is 4.36. The summed E-state index contributed by atoms with van der Waals surface area (Å²) >= 11 is 1.35. The lowest BCUT2D eigenvalue weighted by molar-refractivity contribution is -0.147. The number of β-lactam (4-membered cyclic amide) rings is 1. The van der Waals surface area contributed by atoms with Gasteiger partial charge in [-0.3, -0.25) is 14.5 Å². The van der Waals surface area contributed by atoms with Gasteiger partial charge >= 0.3 is 5.97 Å². The lowest BCUT2D eigenvalue weighted by Gasteiger charge is -2.47. The van der Waals surface area contributed by atoms with Crippen LogP contribution in [0.3, 0.4) is 0 Å². The highest BCUT2D eigenvalue weighted by molar-refractivity contribution is 8.00. The van der Waals surface area contributed by atoms with E-state index >= 15 is 0 Å². The molecular formula is C11H14N4O5S. The summed E-state index contributed by atoms with van der Waals surface area (Å²) in [4.78, 5) is 39.6. The molecule has 114 valence electrons. The van der Waals surface area contributed by atoms with Crippen LogP contribution < -0.4 is 11.5 Å². The van der Waals surface area contributed by atoms with Gasteiger partial charge in [0.05, 0.1) is 5.71 Å². The summed E-state index contributed by atoms with van der Waals surface area (Å²) in [6.45, 7) is 1.13. The Morgan fingerprint density at radius 3 is 2.81 bits per heavy atom. The van der Waals surface area contributed by atoms with Gasteiger partial charge in [0.15, 0.2) is 6.61 Å². The van der Waals surface area contributed by atoms with Crippen molar-refractivity contribution in [3.63, 3.8) is 0 Å². The van der Waals surface area contributed by atoms with Gasteiger partial charge < -0.3 is 21.4 Å². The lowest BCUT2D eigenvalue weighted by Crippen LogP contribution is -2.68. The quantitative estimate of drug-likeness (QED) is 0.316. The van der Waals surface area contributed by atoms with Gasteiger partial charge in [0.1, 0.15) is 17.1 Å². The van der Waals surface area contributed by atoms with Gasteiger partial charge in [0.2, 0.25) is 5.91 Å². The van der Waals surface area contributed by atoms with Crippen LogP contribution in [0.2, 0.25) is 0 Å². The number of hydrogen-bond acceptors (Lipinski definition) is 7. The number of carbonyl (C=O) groups is 3. The minimum Gasteiger partial charge on any atom is -0.477 e. The summed E-state index contributed by atoms with van der Waals surface area (Å²) in [6, 6.07) is -0.686. The number of hydrogen-bond donors (Lipinski definition) is 3. The molecule has 10 heteroatoms. The Kier molecular flexibility index (Phi) is 4.19. The molecule has 0 aromatic rings. The average Bonchev–Trinajstić information content (AvgIpc) is 2.44. The lowest BCUT2D eigenvalue weighted by atomic mass is 10.0. The first kappa shape index (κ1) is 15.3. The Labute approximate surface area is 123 Å². The second-order valence-corrected chi connectivity index (χ2v) is 5.59. The maximum absolute atomic E-state index is 11.7. The molecule has 0 radical (unpaired) electrons. The molecular weight excluding hydrogens is 300 g/mol. The van der Waals surface area contributed by atoms with Crippen LogP contribution in [-0.2, 0) is 19.2 Å². The number of carbonyl (C=O) groups excluding carboxylic acids is 2. The van der Waals surface area contributed by atoms with Crippen LogP contribution in [0.4, 0.5) is 0 Å². The SMILES string of the molecule is CC(=NOCC(N)=O)C1=C(C(=O)O)N2C(=O)[C@@H](N)[C@@H]2SC1. The fourth-order valence-corrected chi connectivity index (χ4v) is 3.41. The largest absolute Gasteiger partial charge is 0.477 e. The second kappa shape index (κ2) is 5.74. The van der Waals surface area contributed by atoms with Crippen molar-refractivity contribution < 1.29 is 24.3 Å². The van der Waals surface area contributed by atoms with E-state index in [-0.39, 0.29) is 16.8 Å². The molecule has 2 amide bonds. The van der Waals surface area contributed by atoms with Crippen molar-refractivity contribution in [3.8, 4) is 0 Å². The zero-order valence-corrected chi connectivity index (χ0v) is 11.9. The smallest absolute Gasteiger partial charge is 0.353 e. The number of carboxylic acids is 1. The predicted molar refractivity (Wildman–Crippen MR) is 74.0 cm³/mol. The number of thioether (sulfide) groups is 1. The van der Waals surface area contributed by atoms with Crippen molar-refractivity contribution in [2.45, 2.75) is 18.3 Å². The van der Waals surface area contributed by atoms with Crippen molar-refractivity contribution in [1.29, 1.82) is 0 Å². The topological polar surface area (TPSA) is 148 Å². The Morgan fingerprint density at radius 2 is 2.24 bits per heavy atom. The molecule has 21 heavy (non-hydrogen) atoms. The van der Waals surface area contributed by atoms with Crippen LogP contribution in [-0.4, -0.2) is 57.3 Å². The summed E-state index contributed by atoms with van der Waals surface area (Å²) in [7, 11) is 0. The molecule has 5 N–H and O–H groups in total. The van der Waals surface area contributed by atoms with Crippen LogP contribution in [0.25, 0.3) is 0 Å². The Bertz CT molecular complexity index is 573. The maximum Gasteiger partial charge on any atom is 0.353 e. The molecule has 1 saturated heterocycles. The number of fused-ring (bicyclic) bond motifs is 1. The number of nitrogens with two attached hydrogens (primary N) is 2. The highest BCUT2D eigenvalue weighted by Gasteiger charge is 2.52. The molecule has 0 saturated carbocycles. The monoisotopic (exact) mass is 314 g/mol. The van der Waals surface area contributed by atoms with E-state index in [1.165, 1.54) is 18.7 Å². The van der Waals surface area contributed by atoms with E-state index in [1.54, 1.807) is 0 Å². The third-order valence-electron chi connectivity index (χ3n) is 3.06. The Balaban J connectivity index is 2.28. The van der Waals surface area contributed by atoms with Gasteiger partial charge in [0, 0.05) is 11.3 Å². The fourth-order valence-electron chi connectivity index (χ4n) is 2.04. The number of nitrogens with zero attached hydrogens (tertiary/aromatic N) is 2. The zero-order valence-electron chi connectivity index (χ0n) is 11.1. The zero-order chi connectivity index (χ0) is 15.7. The normalized spacial score (nSPS) is 25.3. The number of rotatable bonds is 5. The number of aliphatic carboxylic acids is 1. The molecule has 0 unspecified atom stereocenters. The molecule has 2 aliphatic heterocycles. The molecule has 2 rings (SSSR count). The summed E-state index contributed by atoms with van der Waals surface area (Å²) in [6.07, 6.45) is 0. The molecule has 2 aliphatic rings. The maximum atomic E-state index is 11.7. The van der Waals surface area contributed by atoms with Gasteiger partial charge in [-0.25, -0.2) is 4.79 Å². The highest BCUT2D eigenvalue weighted by atomic mass is 32.2. The van der Waals surface area contributed by atoms with Crippen molar-refractivity contribution in [2.75, 3.05) is 12.4 Å². The molecule has 0 aliphatic carbocycles. The first-order valence-electron chi connectivity index (χ1n) is 5.96.